The number of ether oxygens (including phenoxy) is 2. The van der Waals surface area contributed by atoms with Gasteiger partial charge in [0.15, 0.2) is 0 Å². The number of rotatable bonds is 11. The van der Waals surface area contributed by atoms with Crippen LogP contribution in [0.1, 0.15) is 29.5 Å². The van der Waals surface area contributed by atoms with Gasteiger partial charge in [0, 0.05) is 13.0 Å². The molecule has 0 aliphatic rings. The summed E-state index contributed by atoms with van der Waals surface area (Å²) in [5, 5.41) is 11.3. The molecule has 2 rings (SSSR count). The summed E-state index contributed by atoms with van der Waals surface area (Å²) in [5.74, 6) is 0.359. The third kappa shape index (κ3) is 7.70. The Morgan fingerprint density at radius 3 is 2.32 bits per heavy atom. The standard InChI is InChI=1S/C22H27NO5/c1-16-6-7-20(14-17(16)2)28-13-12-27-19-5-3-4-18(15-19)10-11-23-21(24)8-9-22(25)26/h3-7,14-15H,8-13H2,1-2H3,(H,23,24)(H,25,26). The van der Waals surface area contributed by atoms with Crippen molar-refractivity contribution in [1.29, 1.82) is 0 Å². The van der Waals surface area contributed by atoms with Crippen molar-refractivity contribution >= 4 is 11.9 Å². The second-order valence-electron chi connectivity index (χ2n) is 6.58. The van der Waals surface area contributed by atoms with E-state index >= 15 is 0 Å². The van der Waals surface area contributed by atoms with Crippen LogP contribution in [0.3, 0.4) is 0 Å². The highest BCUT2D eigenvalue weighted by molar-refractivity contribution is 5.80. The van der Waals surface area contributed by atoms with E-state index in [0.29, 0.717) is 26.2 Å². The molecule has 0 saturated heterocycles. The van der Waals surface area contributed by atoms with E-state index in [9.17, 15) is 9.59 Å². The predicted octanol–water partition coefficient (Wildman–Crippen LogP) is 3.28. The first-order valence-corrected chi connectivity index (χ1v) is 9.34. The number of nitrogens with one attached hydrogen (secondary N) is 1. The molecule has 0 unspecified atom stereocenters. The van der Waals surface area contributed by atoms with Gasteiger partial charge < -0.3 is 19.9 Å². The molecular weight excluding hydrogens is 358 g/mol. The number of carbonyl (C=O) groups excluding carboxylic acids is 1. The van der Waals surface area contributed by atoms with Gasteiger partial charge in [-0.1, -0.05) is 18.2 Å². The van der Waals surface area contributed by atoms with Gasteiger partial charge in [0.05, 0.1) is 6.42 Å². The average molecular weight is 385 g/mol. The van der Waals surface area contributed by atoms with Crippen LogP contribution in [0.5, 0.6) is 11.5 Å². The van der Waals surface area contributed by atoms with Gasteiger partial charge in [-0.25, -0.2) is 0 Å². The van der Waals surface area contributed by atoms with E-state index < -0.39 is 5.97 Å². The van der Waals surface area contributed by atoms with E-state index in [0.717, 1.165) is 17.1 Å². The number of aryl methyl sites for hydroxylation is 2. The second kappa shape index (κ2) is 11.0. The summed E-state index contributed by atoms with van der Waals surface area (Å²) in [5.41, 5.74) is 3.46. The van der Waals surface area contributed by atoms with Crippen LogP contribution in [-0.2, 0) is 16.0 Å². The molecule has 2 aromatic rings. The normalized spacial score (nSPS) is 10.4. The first-order chi connectivity index (χ1) is 13.4. The number of hydrogen-bond acceptors (Lipinski definition) is 4. The van der Waals surface area contributed by atoms with Crippen LogP contribution in [0, 0.1) is 13.8 Å². The molecule has 0 atom stereocenters. The van der Waals surface area contributed by atoms with E-state index in [4.69, 9.17) is 14.6 Å². The number of benzene rings is 2. The lowest BCUT2D eigenvalue weighted by molar-refractivity contribution is -0.138. The lowest BCUT2D eigenvalue weighted by atomic mass is 10.1. The monoisotopic (exact) mass is 385 g/mol. The van der Waals surface area contributed by atoms with Crippen LogP contribution in [-0.4, -0.2) is 36.7 Å². The van der Waals surface area contributed by atoms with Gasteiger partial charge in [0.25, 0.3) is 0 Å². The summed E-state index contributed by atoms with van der Waals surface area (Å²) in [6.45, 7) is 5.46. The summed E-state index contributed by atoms with van der Waals surface area (Å²) in [6.07, 6.45) is 0.494. The van der Waals surface area contributed by atoms with Crippen molar-refractivity contribution in [3.8, 4) is 11.5 Å². The molecule has 6 heteroatoms. The summed E-state index contributed by atoms with van der Waals surface area (Å²) < 4.78 is 11.4. The maximum atomic E-state index is 11.5. The van der Waals surface area contributed by atoms with Gasteiger partial charge in [-0.2, -0.15) is 0 Å². The van der Waals surface area contributed by atoms with Crippen molar-refractivity contribution in [3.63, 3.8) is 0 Å². The highest BCUT2D eigenvalue weighted by Crippen LogP contribution is 2.17. The molecule has 6 nitrogen and oxygen atoms in total. The fraction of sp³-hybridized carbons (Fsp3) is 0.364. The number of carboxylic acids is 1. The molecule has 0 bridgehead atoms. The SMILES string of the molecule is Cc1ccc(OCCOc2cccc(CCNC(=O)CCC(=O)O)c2)cc1C. The van der Waals surface area contributed by atoms with Crippen LogP contribution >= 0.6 is 0 Å². The van der Waals surface area contributed by atoms with Crippen LogP contribution in [0.4, 0.5) is 0 Å². The predicted molar refractivity (Wildman–Crippen MR) is 107 cm³/mol. The fourth-order valence-corrected chi connectivity index (χ4v) is 2.57. The van der Waals surface area contributed by atoms with Gasteiger partial charge in [-0.15, -0.1) is 0 Å². The van der Waals surface area contributed by atoms with Crippen molar-refractivity contribution in [2.75, 3.05) is 19.8 Å². The van der Waals surface area contributed by atoms with Crippen LogP contribution in [0.15, 0.2) is 42.5 Å². The molecule has 0 fully saturated rings. The van der Waals surface area contributed by atoms with Gasteiger partial charge in [0.2, 0.25) is 5.91 Å². The van der Waals surface area contributed by atoms with E-state index in [1.165, 1.54) is 11.1 Å². The molecule has 0 saturated carbocycles. The van der Waals surface area contributed by atoms with E-state index in [1.807, 2.05) is 42.5 Å². The van der Waals surface area contributed by atoms with Crippen molar-refractivity contribution in [2.45, 2.75) is 33.1 Å². The average Bonchev–Trinajstić information content (AvgIpc) is 2.67. The molecule has 0 heterocycles. The Balaban J connectivity index is 1.70. The highest BCUT2D eigenvalue weighted by atomic mass is 16.5. The van der Waals surface area contributed by atoms with Crippen LogP contribution < -0.4 is 14.8 Å². The number of hydrogen-bond donors (Lipinski definition) is 2. The van der Waals surface area contributed by atoms with Gasteiger partial charge >= 0.3 is 5.97 Å². The zero-order chi connectivity index (χ0) is 20.4. The molecule has 150 valence electrons. The number of aliphatic carboxylic acids is 1. The quantitative estimate of drug-likeness (QED) is 0.580. The lowest BCUT2D eigenvalue weighted by Crippen LogP contribution is -2.26. The smallest absolute Gasteiger partial charge is 0.303 e. The molecule has 28 heavy (non-hydrogen) atoms. The molecule has 2 N–H and O–H groups in total. The molecule has 1 amide bonds. The first-order valence-electron chi connectivity index (χ1n) is 9.34. The maximum Gasteiger partial charge on any atom is 0.303 e. The van der Waals surface area contributed by atoms with Gasteiger partial charge in [0.1, 0.15) is 24.7 Å². The molecule has 0 aliphatic carbocycles. The van der Waals surface area contributed by atoms with Crippen molar-refractivity contribution in [2.24, 2.45) is 0 Å². The molecule has 2 aromatic carbocycles. The Hall–Kier alpha value is -3.02. The topological polar surface area (TPSA) is 84.9 Å². The second-order valence-corrected chi connectivity index (χ2v) is 6.58. The number of carbonyl (C=O) groups is 2. The first kappa shape index (κ1) is 21.3. The van der Waals surface area contributed by atoms with Crippen molar-refractivity contribution < 1.29 is 24.2 Å². The van der Waals surface area contributed by atoms with E-state index in [1.54, 1.807) is 0 Å². The Labute approximate surface area is 165 Å². The summed E-state index contributed by atoms with van der Waals surface area (Å²) in [4.78, 5) is 22.0. The minimum Gasteiger partial charge on any atom is -0.490 e. The third-order valence-corrected chi connectivity index (χ3v) is 4.30. The third-order valence-electron chi connectivity index (χ3n) is 4.30. The zero-order valence-electron chi connectivity index (χ0n) is 16.4. The molecular formula is C22H27NO5. The van der Waals surface area contributed by atoms with Gasteiger partial charge in [-0.3, -0.25) is 9.59 Å². The van der Waals surface area contributed by atoms with Crippen LogP contribution in [0.25, 0.3) is 0 Å². The van der Waals surface area contributed by atoms with Crippen molar-refractivity contribution in [1.82, 2.24) is 5.32 Å². The summed E-state index contributed by atoms with van der Waals surface area (Å²) in [6, 6.07) is 13.7. The Morgan fingerprint density at radius 1 is 0.929 bits per heavy atom. The zero-order valence-corrected chi connectivity index (χ0v) is 16.4. The number of carboxylic acid groups (broad SMARTS) is 1. The van der Waals surface area contributed by atoms with Gasteiger partial charge in [-0.05, 0) is 61.2 Å². The molecule has 0 aromatic heterocycles. The molecule has 0 spiro atoms. The lowest BCUT2D eigenvalue weighted by Gasteiger charge is -2.11. The highest BCUT2D eigenvalue weighted by Gasteiger charge is 2.05. The largest absolute Gasteiger partial charge is 0.490 e. The number of amides is 1. The maximum absolute atomic E-state index is 11.5. The minimum atomic E-state index is -0.971. The summed E-state index contributed by atoms with van der Waals surface area (Å²) in [7, 11) is 0. The molecule has 0 radical (unpaired) electrons. The fourth-order valence-electron chi connectivity index (χ4n) is 2.57. The van der Waals surface area contributed by atoms with Crippen molar-refractivity contribution in [3.05, 3.63) is 59.2 Å². The molecule has 0 aliphatic heterocycles. The Bertz CT molecular complexity index is 803. The van der Waals surface area contributed by atoms with E-state index in [2.05, 4.69) is 19.2 Å². The Morgan fingerprint density at radius 2 is 1.64 bits per heavy atom. The Kier molecular flexibility index (Phi) is 8.34. The minimum absolute atomic E-state index is 0.00100. The van der Waals surface area contributed by atoms with Crippen LogP contribution in [0.2, 0.25) is 0 Å². The summed E-state index contributed by atoms with van der Waals surface area (Å²) >= 11 is 0. The van der Waals surface area contributed by atoms with E-state index in [-0.39, 0.29) is 18.7 Å².